The van der Waals surface area contributed by atoms with Crippen molar-refractivity contribution in [2.24, 2.45) is 0 Å². The molecule has 0 saturated heterocycles. The van der Waals surface area contributed by atoms with Gasteiger partial charge in [-0.05, 0) is 0 Å². The summed E-state index contributed by atoms with van der Waals surface area (Å²) < 4.78 is 40.6. The van der Waals surface area contributed by atoms with Crippen molar-refractivity contribution < 1.29 is 35.6 Å². The Morgan fingerprint density at radius 1 is 0.606 bits per heavy atom. The molecule has 5 heteroatoms. The Morgan fingerprint density at radius 2 is 0.939 bits per heavy atom. The van der Waals surface area contributed by atoms with Crippen LogP contribution < -0.4 is 5.63 Å². The van der Waals surface area contributed by atoms with E-state index in [4.69, 9.17) is 5.63 Å². The molecule has 0 amide bonds. The summed E-state index contributed by atoms with van der Waals surface area (Å²) in [4.78, 5) is 0. The van der Waals surface area contributed by atoms with E-state index in [0.29, 0.717) is 11.5 Å². The van der Waals surface area contributed by atoms with Crippen LogP contribution in [-0.4, -0.2) is 0 Å². The first kappa shape index (κ1) is 23.9. The predicted molar refractivity (Wildman–Crippen MR) is 126 cm³/mol. The van der Waals surface area contributed by atoms with Crippen LogP contribution in [0.25, 0.3) is 0 Å². The normalized spacial score (nSPS) is 24.7. The molecule has 2 unspecified atom stereocenters. The molecule has 2 aromatic carbocycles. The third-order valence-electron chi connectivity index (χ3n) is 7.59. The van der Waals surface area contributed by atoms with Crippen molar-refractivity contribution in [1.82, 2.24) is 0 Å². The maximum atomic E-state index is 13.7. The van der Waals surface area contributed by atoms with Crippen LogP contribution in [0.1, 0.15) is 41.5 Å². The fourth-order valence-electron chi connectivity index (χ4n) is 4.94. The number of hydrogen-bond donors (Lipinski definition) is 0. The van der Waals surface area contributed by atoms with Crippen LogP contribution in [-0.2, 0) is 21.1 Å². The van der Waals surface area contributed by atoms with Crippen molar-refractivity contribution in [3.63, 3.8) is 0 Å². The Hall–Kier alpha value is -2.26. The van der Waals surface area contributed by atoms with E-state index in [-0.39, 0.29) is 11.6 Å². The molecule has 0 saturated carbocycles. The van der Waals surface area contributed by atoms with Gasteiger partial charge in [-0.25, -0.2) is 0 Å². The van der Waals surface area contributed by atoms with Crippen LogP contribution in [0, 0.1) is 11.6 Å². The van der Waals surface area contributed by atoms with E-state index in [2.05, 4.69) is 65.8 Å². The molecule has 2 aliphatic carbocycles. The summed E-state index contributed by atoms with van der Waals surface area (Å²) in [5.74, 6) is 0.516. The van der Waals surface area contributed by atoms with Gasteiger partial charge in [0.05, 0.1) is 0 Å². The summed E-state index contributed by atoms with van der Waals surface area (Å²) in [6.45, 7) is 12.9. The van der Waals surface area contributed by atoms with Crippen molar-refractivity contribution in [1.29, 1.82) is 0 Å². The Kier molecular flexibility index (Phi) is 6.16. The molecule has 2 aliphatic rings. The Morgan fingerprint density at radius 3 is 1.21 bits per heavy atom. The monoisotopic (exact) mass is 526 g/mol. The van der Waals surface area contributed by atoms with Gasteiger partial charge >= 0.3 is 202 Å². The summed E-state index contributed by atoms with van der Waals surface area (Å²) in [5, 5.41) is 0. The minimum atomic E-state index is -4.53. The Labute approximate surface area is 201 Å². The summed E-state index contributed by atoms with van der Waals surface area (Å²) in [6.07, 6.45) is 8.69. The molecule has 2 nitrogen and oxygen atoms in total. The van der Waals surface area contributed by atoms with E-state index >= 15 is 0 Å². The van der Waals surface area contributed by atoms with E-state index in [1.165, 1.54) is 46.6 Å². The molecule has 0 spiro atoms. The van der Waals surface area contributed by atoms with Crippen molar-refractivity contribution in [2.75, 3.05) is 0 Å². The summed E-state index contributed by atoms with van der Waals surface area (Å²) in [7, 11) is 0. The van der Waals surface area contributed by atoms with Gasteiger partial charge in [-0.2, -0.15) is 0 Å². The van der Waals surface area contributed by atoms with Crippen LogP contribution in [0.15, 0.2) is 95.1 Å². The molecule has 2 atom stereocenters. The zero-order chi connectivity index (χ0) is 24.0. The fraction of sp³-hybridized carbons (Fsp3) is 0.286. The molecular weight excluding hydrogens is 498 g/mol. The maximum absolute atomic E-state index is 13.7. The van der Waals surface area contributed by atoms with Gasteiger partial charge in [-0.1, -0.05) is 0 Å². The molecule has 0 aromatic heterocycles. The van der Waals surface area contributed by atoms with Gasteiger partial charge in [0.15, 0.2) is 0 Å². The third kappa shape index (κ3) is 3.79. The molecule has 0 aliphatic heterocycles. The van der Waals surface area contributed by atoms with Crippen molar-refractivity contribution in [3.8, 4) is 11.5 Å². The minimum absolute atomic E-state index is 0.319. The summed E-state index contributed by atoms with van der Waals surface area (Å²) in [5.41, 5.74) is 4.78. The molecule has 0 N–H and O–H groups in total. The van der Waals surface area contributed by atoms with E-state index in [0.717, 1.165) is 0 Å². The molecule has 0 fully saturated rings. The molecule has 2 aromatic rings. The van der Waals surface area contributed by atoms with Gasteiger partial charge in [-0.15, -0.1) is 0 Å². The first-order valence-electron chi connectivity index (χ1n) is 11.2. The van der Waals surface area contributed by atoms with E-state index < -0.39 is 27.4 Å². The average molecular weight is 528 g/mol. The second kappa shape index (κ2) is 8.51. The number of rotatable bonds is 6. The van der Waals surface area contributed by atoms with Gasteiger partial charge in [0.2, 0.25) is 0 Å². The van der Waals surface area contributed by atoms with Gasteiger partial charge in [0, 0.05) is 0 Å². The average Bonchev–Trinajstić information content (AvgIpc) is 3.22. The van der Waals surface area contributed by atoms with Crippen molar-refractivity contribution >= 4 is 0 Å². The second-order valence-corrected chi connectivity index (χ2v) is 18.6. The van der Waals surface area contributed by atoms with E-state index in [1.54, 1.807) is 24.3 Å². The quantitative estimate of drug-likeness (QED) is 0.375. The second-order valence-electron chi connectivity index (χ2n) is 9.42. The van der Waals surface area contributed by atoms with E-state index in [1.807, 2.05) is 0 Å². The van der Waals surface area contributed by atoms with Crippen LogP contribution in [0.2, 0.25) is 6.25 Å². The van der Waals surface area contributed by atoms with Gasteiger partial charge in [-0.3, -0.25) is 0 Å². The zero-order valence-corrected chi connectivity index (χ0v) is 22.5. The van der Waals surface area contributed by atoms with Gasteiger partial charge < -0.3 is 0 Å². The number of allylic oxidation sites excluding steroid dienone is 8. The molecular formula is C28H30F2O2Zr. The molecule has 0 radical (unpaired) electrons. The van der Waals surface area contributed by atoms with Gasteiger partial charge in [0.1, 0.15) is 0 Å². The summed E-state index contributed by atoms with van der Waals surface area (Å²) in [6, 6.07) is 12.3. The van der Waals surface area contributed by atoms with Crippen LogP contribution >= 0.6 is 0 Å². The SMILES string of the molecule is CC1=C(C)[C](C)([Zr]([O]c2ccc(F)cc2)([O]c2ccc(F)cc2)[C]2(C)C=CC(C)=C2C)C=C1. The van der Waals surface area contributed by atoms with Crippen molar-refractivity contribution in [2.45, 2.75) is 47.8 Å². The third-order valence-corrected chi connectivity index (χ3v) is 19.5. The molecule has 0 bridgehead atoms. The Bertz CT molecular complexity index is 1100. The predicted octanol–water partition coefficient (Wildman–Crippen LogP) is 8.58. The van der Waals surface area contributed by atoms with Crippen molar-refractivity contribution in [3.05, 3.63) is 107 Å². The molecule has 0 heterocycles. The zero-order valence-electron chi connectivity index (χ0n) is 20.0. The van der Waals surface area contributed by atoms with Crippen LogP contribution in [0.5, 0.6) is 11.5 Å². The summed E-state index contributed by atoms with van der Waals surface area (Å²) >= 11 is -4.53. The first-order valence-corrected chi connectivity index (χ1v) is 15.6. The van der Waals surface area contributed by atoms with Gasteiger partial charge in [0.25, 0.3) is 0 Å². The first-order chi connectivity index (χ1) is 15.5. The molecule has 4 rings (SSSR count). The number of hydrogen-bond acceptors (Lipinski definition) is 2. The van der Waals surface area contributed by atoms with Crippen LogP contribution in [0.4, 0.5) is 8.78 Å². The standard InChI is InChI=1S/2C8H11.2C6H5FO.Zr/c2*1-6-4-5-7(2)8(6)3;2*7-5-1-3-6(8)4-2-5;/h2*4-5H,1-3H3;2*1-4,8H;/q;;;;+2/p-2. The molecule has 33 heavy (non-hydrogen) atoms. The molecule has 172 valence electrons. The fourth-order valence-corrected chi connectivity index (χ4v) is 17.0. The number of halogens is 2. The number of benzene rings is 2. The van der Waals surface area contributed by atoms with Crippen LogP contribution in [0.3, 0.4) is 0 Å². The topological polar surface area (TPSA) is 18.5 Å². The Balaban J connectivity index is 2.01. The van der Waals surface area contributed by atoms with E-state index in [9.17, 15) is 8.78 Å².